The largest absolute Gasteiger partial charge is 0.436 e. The highest BCUT2D eigenvalue weighted by atomic mass is 19.2. The number of benzene rings is 1. The van der Waals surface area contributed by atoms with Gasteiger partial charge in [0, 0.05) is 13.6 Å². The van der Waals surface area contributed by atoms with Crippen molar-refractivity contribution in [3.8, 4) is 11.6 Å². The number of aryl methyl sites for hydroxylation is 2. The Balaban J connectivity index is 2.40. The monoisotopic (exact) mass is 267 g/mol. The van der Waals surface area contributed by atoms with E-state index >= 15 is 0 Å². The first-order chi connectivity index (χ1) is 9.04. The third kappa shape index (κ3) is 2.58. The number of nitrogens with one attached hydrogen (secondary N) is 1. The van der Waals surface area contributed by atoms with Gasteiger partial charge in [0.15, 0.2) is 11.6 Å². The van der Waals surface area contributed by atoms with Crippen molar-refractivity contribution in [3.63, 3.8) is 0 Å². The number of nitrogens with zero attached hydrogens (tertiary/aromatic N) is 2. The maximum absolute atomic E-state index is 13.6. The Kier molecular flexibility index (Phi) is 3.80. The van der Waals surface area contributed by atoms with Gasteiger partial charge in [0.1, 0.15) is 0 Å². The highest BCUT2D eigenvalue weighted by Gasteiger charge is 2.17. The fraction of sp³-hybridized carbons (Fsp3) is 0.308. The summed E-state index contributed by atoms with van der Waals surface area (Å²) in [6, 6.07) is 3.82. The van der Waals surface area contributed by atoms with Crippen molar-refractivity contribution in [1.29, 1.82) is 0 Å². The van der Waals surface area contributed by atoms with E-state index in [1.54, 1.807) is 14.1 Å². The molecule has 1 heterocycles. The van der Waals surface area contributed by atoms with Gasteiger partial charge in [0.2, 0.25) is 11.7 Å². The fourth-order valence-electron chi connectivity index (χ4n) is 1.86. The van der Waals surface area contributed by atoms with Gasteiger partial charge >= 0.3 is 0 Å². The van der Waals surface area contributed by atoms with Crippen LogP contribution in [0.2, 0.25) is 0 Å². The second kappa shape index (κ2) is 5.36. The summed E-state index contributed by atoms with van der Waals surface area (Å²) in [6.07, 6.45) is 0. The topological polar surface area (TPSA) is 39.1 Å². The minimum atomic E-state index is -1.00. The molecule has 0 unspecified atom stereocenters. The highest BCUT2D eigenvalue weighted by Crippen LogP contribution is 2.29. The van der Waals surface area contributed by atoms with Gasteiger partial charge in [-0.25, -0.2) is 9.07 Å². The lowest BCUT2D eigenvalue weighted by molar-refractivity contribution is 0.384. The Morgan fingerprint density at radius 1 is 1.37 bits per heavy atom. The fourth-order valence-corrected chi connectivity index (χ4v) is 1.86. The first-order valence-corrected chi connectivity index (χ1v) is 5.83. The molecule has 0 aliphatic carbocycles. The van der Waals surface area contributed by atoms with Crippen LogP contribution in [-0.4, -0.2) is 16.8 Å². The van der Waals surface area contributed by atoms with Crippen LogP contribution in [0.25, 0.3) is 0 Å². The van der Waals surface area contributed by atoms with E-state index in [1.165, 1.54) is 16.8 Å². The van der Waals surface area contributed by atoms with Crippen LogP contribution in [0.3, 0.4) is 0 Å². The molecule has 0 amide bonds. The van der Waals surface area contributed by atoms with Crippen LogP contribution in [0.4, 0.5) is 8.78 Å². The summed E-state index contributed by atoms with van der Waals surface area (Å²) in [5, 5.41) is 7.20. The molecule has 0 saturated carbocycles. The van der Waals surface area contributed by atoms with Gasteiger partial charge in [-0.1, -0.05) is 6.07 Å². The number of hydrogen-bond donors (Lipinski definition) is 1. The van der Waals surface area contributed by atoms with Gasteiger partial charge in [-0.3, -0.25) is 0 Å². The standard InChI is InChI=1S/C13H15F2N3O/c1-8-9(7-16-2)13(18(3)17-8)19-11-6-4-5-10(14)12(11)15/h4-6,16H,7H2,1-3H3. The molecule has 1 N–H and O–H groups in total. The van der Waals surface area contributed by atoms with E-state index in [1.807, 2.05) is 6.92 Å². The normalized spacial score (nSPS) is 10.8. The number of aromatic nitrogens is 2. The van der Waals surface area contributed by atoms with Crippen molar-refractivity contribution < 1.29 is 13.5 Å². The molecule has 2 rings (SSSR count). The zero-order valence-electron chi connectivity index (χ0n) is 11.0. The van der Waals surface area contributed by atoms with Crippen LogP contribution >= 0.6 is 0 Å². The summed E-state index contributed by atoms with van der Waals surface area (Å²) in [5.41, 5.74) is 1.59. The molecule has 102 valence electrons. The van der Waals surface area contributed by atoms with Crippen LogP contribution < -0.4 is 10.1 Å². The number of rotatable bonds is 4. The van der Waals surface area contributed by atoms with Gasteiger partial charge in [0.05, 0.1) is 11.3 Å². The quantitative estimate of drug-likeness (QED) is 0.925. The van der Waals surface area contributed by atoms with Gasteiger partial charge in [-0.15, -0.1) is 0 Å². The molecule has 2 aromatic rings. The molecule has 0 aliphatic rings. The van der Waals surface area contributed by atoms with Gasteiger partial charge < -0.3 is 10.1 Å². The predicted molar refractivity (Wildman–Crippen MR) is 67.1 cm³/mol. The molecule has 0 atom stereocenters. The van der Waals surface area contributed by atoms with Crippen molar-refractivity contribution in [2.45, 2.75) is 13.5 Å². The van der Waals surface area contributed by atoms with Crippen molar-refractivity contribution in [3.05, 3.63) is 41.1 Å². The Labute approximate surface area is 110 Å². The van der Waals surface area contributed by atoms with Crippen LogP contribution in [0.15, 0.2) is 18.2 Å². The Bertz CT molecular complexity index is 596. The first-order valence-electron chi connectivity index (χ1n) is 5.83. The van der Waals surface area contributed by atoms with Crippen LogP contribution in [0.1, 0.15) is 11.3 Å². The van der Waals surface area contributed by atoms with Crippen molar-refractivity contribution in [2.75, 3.05) is 7.05 Å². The van der Waals surface area contributed by atoms with E-state index in [2.05, 4.69) is 10.4 Å². The molecule has 0 fully saturated rings. The van der Waals surface area contributed by atoms with Crippen LogP contribution in [0, 0.1) is 18.6 Å². The van der Waals surface area contributed by atoms with E-state index in [0.29, 0.717) is 12.4 Å². The molecular weight excluding hydrogens is 252 g/mol. The Morgan fingerprint density at radius 2 is 2.11 bits per heavy atom. The molecule has 0 saturated heterocycles. The lowest BCUT2D eigenvalue weighted by Gasteiger charge is -2.09. The Morgan fingerprint density at radius 3 is 2.79 bits per heavy atom. The lowest BCUT2D eigenvalue weighted by Crippen LogP contribution is -2.07. The summed E-state index contributed by atoms with van der Waals surface area (Å²) in [5.74, 6) is -1.69. The van der Waals surface area contributed by atoms with Crippen molar-refractivity contribution in [2.24, 2.45) is 7.05 Å². The first kappa shape index (κ1) is 13.5. The maximum atomic E-state index is 13.6. The third-order valence-electron chi connectivity index (χ3n) is 2.77. The molecule has 19 heavy (non-hydrogen) atoms. The molecular formula is C13H15F2N3O. The summed E-state index contributed by atoms with van der Waals surface area (Å²) >= 11 is 0. The highest BCUT2D eigenvalue weighted by molar-refractivity contribution is 5.36. The minimum absolute atomic E-state index is 0.152. The number of halogens is 2. The summed E-state index contributed by atoms with van der Waals surface area (Å²) < 4.78 is 33.7. The lowest BCUT2D eigenvalue weighted by atomic mass is 10.2. The van der Waals surface area contributed by atoms with Crippen molar-refractivity contribution in [1.82, 2.24) is 15.1 Å². The average molecular weight is 267 g/mol. The molecule has 0 bridgehead atoms. The smallest absolute Gasteiger partial charge is 0.222 e. The summed E-state index contributed by atoms with van der Waals surface area (Å²) in [4.78, 5) is 0. The third-order valence-corrected chi connectivity index (χ3v) is 2.77. The van der Waals surface area contributed by atoms with Gasteiger partial charge in [-0.2, -0.15) is 9.49 Å². The molecule has 0 aliphatic heterocycles. The Hall–Kier alpha value is -1.95. The molecule has 6 heteroatoms. The molecule has 1 aromatic heterocycles. The second-order valence-electron chi connectivity index (χ2n) is 4.18. The zero-order valence-corrected chi connectivity index (χ0v) is 11.0. The van der Waals surface area contributed by atoms with E-state index in [9.17, 15) is 8.78 Å². The number of ether oxygens (including phenoxy) is 1. The number of hydrogen-bond acceptors (Lipinski definition) is 3. The zero-order chi connectivity index (χ0) is 14.0. The summed E-state index contributed by atoms with van der Waals surface area (Å²) in [6.45, 7) is 2.37. The van der Waals surface area contributed by atoms with Gasteiger partial charge in [0.25, 0.3) is 0 Å². The SMILES string of the molecule is CNCc1c(C)nn(C)c1Oc1cccc(F)c1F. The van der Waals surface area contributed by atoms with E-state index in [-0.39, 0.29) is 5.75 Å². The van der Waals surface area contributed by atoms with E-state index in [0.717, 1.165) is 17.3 Å². The van der Waals surface area contributed by atoms with Crippen LogP contribution in [0.5, 0.6) is 11.6 Å². The van der Waals surface area contributed by atoms with Crippen LogP contribution in [-0.2, 0) is 13.6 Å². The average Bonchev–Trinajstić information content (AvgIpc) is 2.62. The molecule has 1 aromatic carbocycles. The molecule has 0 radical (unpaired) electrons. The van der Waals surface area contributed by atoms with E-state index in [4.69, 9.17) is 4.74 Å². The van der Waals surface area contributed by atoms with Gasteiger partial charge in [-0.05, 0) is 26.1 Å². The van der Waals surface area contributed by atoms with Crippen molar-refractivity contribution >= 4 is 0 Å². The summed E-state index contributed by atoms with van der Waals surface area (Å²) in [7, 11) is 3.48. The molecule has 0 spiro atoms. The minimum Gasteiger partial charge on any atom is -0.436 e. The molecule has 4 nitrogen and oxygen atoms in total. The second-order valence-corrected chi connectivity index (χ2v) is 4.18. The van der Waals surface area contributed by atoms with E-state index < -0.39 is 11.6 Å². The predicted octanol–water partition coefficient (Wildman–Crippen LogP) is 2.52. The maximum Gasteiger partial charge on any atom is 0.222 e.